The Kier molecular flexibility index (Phi) is 6.99. The monoisotopic (exact) mass is 474 g/mol. The number of hydrazone groups is 1. The molecule has 1 heterocycles. The van der Waals surface area contributed by atoms with Gasteiger partial charge in [-0.2, -0.15) is 5.10 Å². The van der Waals surface area contributed by atoms with Gasteiger partial charge in [0.1, 0.15) is 11.3 Å². The lowest BCUT2D eigenvalue weighted by atomic mass is 10.2. The molecule has 0 saturated heterocycles. The lowest BCUT2D eigenvalue weighted by Gasteiger charge is -2.14. The molecule has 0 bridgehead atoms. The molecule has 1 amide bonds. The Bertz CT molecular complexity index is 1070. The minimum Gasteiger partial charge on any atom is -0.494 e. The highest BCUT2D eigenvalue weighted by Crippen LogP contribution is 2.33. The second-order valence-corrected chi connectivity index (χ2v) is 7.49. The van der Waals surface area contributed by atoms with Gasteiger partial charge in [0, 0.05) is 15.4 Å². The second kappa shape index (κ2) is 9.67. The Balaban J connectivity index is 1.73. The molecule has 2 aromatic carbocycles. The van der Waals surface area contributed by atoms with Crippen LogP contribution in [0.1, 0.15) is 36.9 Å². The fourth-order valence-corrected chi connectivity index (χ4v) is 3.19. The van der Waals surface area contributed by atoms with Crippen molar-refractivity contribution in [3.8, 4) is 17.2 Å². The van der Waals surface area contributed by atoms with E-state index in [1.807, 2.05) is 26.8 Å². The number of methoxy groups -OCH3 is 1. The fourth-order valence-electron chi connectivity index (χ4n) is 2.76. The molecule has 30 heavy (non-hydrogen) atoms. The van der Waals surface area contributed by atoms with Gasteiger partial charge in [-0.25, -0.2) is 5.43 Å². The minimum absolute atomic E-state index is 0.0121. The van der Waals surface area contributed by atoms with Gasteiger partial charge in [0.2, 0.25) is 0 Å². The summed E-state index contributed by atoms with van der Waals surface area (Å²) in [5.74, 6) is 1.62. The number of benzene rings is 2. The van der Waals surface area contributed by atoms with Crippen LogP contribution >= 0.6 is 15.9 Å². The van der Waals surface area contributed by atoms with E-state index in [0.29, 0.717) is 29.3 Å². The van der Waals surface area contributed by atoms with Gasteiger partial charge in [0.25, 0.3) is 0 Å². The topological polar surface area (TPSA) is 82.3 Å². The molecule has 3 rings (SSSR count). The van der Waals surface area contributed by atoms with E-state index in [0.717, 1.165) is 15.6 Å². The zero-order valence-corrected chi connectivity index (χ0v) is 18.8. The van der Waals surface area contributed by atoms with Crippen molar-refractivity contribution in [2.75, 3.05) is 13.7 Å². The normalized spacial score (nSPS) is 11.3. The molecule has 0 unspecified atom stereocenters. The molecule has 1 aromatic heterocycles. The SMILES string of the molecule is CCOc1ccc2oc(C(=O)N/N=C/c3cc(OC)c(OC(C)C)cc3Br)cc2c1. The summed E-state index contributed by atoms with van der Waals surface area (Å²) in [7, 11) is 1.57. The third-order valence-corrected chi connectivity index (χ3v) is 4.72. The van der Waals surface area contributed by atoms with E-state index in [1.165, 1.54) is 6.21 Å². The number of nitrogens with one attached hydrogen (secondary N) is 1. The van der Waals surface area contributed by atoms with Crippen LogP contribution in [0.4, 0.5) is 0 Å². The third kappa shape index (κ3) is 5.13. The van der Waals surface area contributed by atoms with Gasteiger partial charge < -0.3 is 18.6 Å². The van der Waals surface area contributed by atoms with Crippen molar-refractivity contribution in [3.05, 3.63) is 52.2 Å². The average Bonchev–Trinajstić information content (AvgIpc) is 3.13. The second-order valence-electron chi connectivity index (χ2n) is 6.63. The molecule has 0 atom stereocenters. The number of fused-ring (bicyclic) bond motifs is 1. The zero-order valence-electron chi connectivity index (χ0n) is 17.2. The van der Waals surface area contributed by atoms with Crippen molar-refractivity contribution in [2.45, 2.75) is 26.9 Å². The van der Waals surface area contributed by atoms with Crippen molar-refractivity contribution in [1.29, 1.82) is 0 Å². The summed E-state index contributed by atoms with van der Waals surface area (Å²) in [5.41, 5.74) is 3.79. The zero-order chi connectivity index (χ0) is 21.7. The van der Waals surface area contributed by atoms with Crippen LogP contribution in [0.25, 0.3) is 11.0 Å². The first-order valence-electron chi connectivity index (χ1n) is 9.45. The van der Waals surface area contributed by atoms with E-state index in [-0.39, 0.29) is 11.9 Å². The molecule has 0 aliphatic carbocycles. The van der Waals surface area contributed by atoms with Crippen LogP contribution in [0.2, 0.25) is 0 Å². The Morgan fingerprint density at radius 1 is 1.23 bits per heavy atom. The molecule has 158 valence electrons. The van der Waals surface area contributed by atoms with Crippen molar-refractivity contribution >= 4 is 39.0 Å². The van der Waals surface area contributed by atoms with Gasteiger partial charge >= 0.3 is 5.91 Å². The van der Waals surface area contributed by atoms with Crippen LogP contribution in [0.5, 0.6) is 17.2 Å². The van der Waals surface area contributed by atoms with E-state index in [4.69, 9.17) is 18.6 Å². The number of hydrogen-bond donors (Lipinski definition) is 1. The average molecular weight is 475 g/mol. The van der Waals surface area contributed by atoms with Crippen LogP contribution in [0.15, 0.2) is 50.4 Å². The van der Waals surface area contributed by atoms with Gasteiger partial charge in [0.15, 0.2) is 17.3 Å². The maximum Gasteiger partial charge on any atom is 0.307 e. The lowest BCUT2D eigenvalue weighted by Crippen LogP contribution is -2.16. The van der Waals surface area contributed by atoms with Gasteiger partial charge in [-0.05, 0) is 73.1 Å². The highest BCUT2D eigenvalue weighted by molar-refractivity contribution is 9.10. The largest absolute Gasteiger partial charge is 0.494 e. The van der Waals surface area contributed by atoms with Gasteiger partial charge in [-0.1, -0.05) is 0 Å². The quantitative estimate of drug-likeness (QED) is 0.360. The smallest absolute Gasteiger partial charge is 0.307 e. The number of ether oxygens (including phenoxy) is 3. The van der Waals surface area contributed by atoms with Crippen molar-refractivity contribution in [3.63, 3.8) is 0 Å². The summed E-state index contributed by atoms with van der Waals surface area (Å²) in [6, 6.07) is 10.6. The maximum absolute atomic E-state index is 12.4. The van der Waals surface area contributed by atoms with E-state index in [2.05, 4.69) is 26.5 Å². The number of halogens is 1. The van der Waals surface area contributed by atoms with E-state index >= 15 is 0 Å². The molecular formula is C22H23BrN2O5. The molecule has 0 fully saturated rings. The van der Waals surface area contributed by atoms with Crippen LogP contribution in [0, 0.1) is 0 Å². The number of furan rings is 1. The molecule has 3 aromatic rings. The van der Waals surface area contributed by atoms with E-state index in [9.17, 15) is 4.79 Å². The predicted octanol–water partition coefficient (Wildman–Crippen LogP) is 5.15. The van der Waals surface area contributed by atoms with Gasteiger partial charge in [-0.3, -0.25) is 4.79 Å². The summed E-state index contributed by atoms with van der Waals surface area (Å²) in [6.45, 7) is 6.35. The Labute approximate surface area is 183 Å². The standard InChI is InChI=1S/C22H23BrN2O5/c1-5-28-16-6-7-18-14(8-16)9-21(30-18)22(26)25-24-12-15-10-19(27-4)20(11-17(15)23)29-13(2)3/h6-13H,5H2,1-4H3,(H,25,26)/b24-12+. The van der Waals surface area contributed by atoms with Crippen molar-refractivity contribution in [2.24, 2.45) is 5.10 Å². The first-order chi connectivity index (χ1) is 14.4. The summed E-state index contributed by atoms with van der Waals surface area (Å²) < 4.78 is 22.9. The molecular weight excluding hydrogens is 452 g/mol. The predicted molar refractivity (Wildman–Crippen MR) is 119 cm³/mol. The van der Waals surface area contributed by atoms with Gasteiger partial charge in [0.05, 0.1) is 26.0 Å². The summed E-state index contributed by atoms with van der Waals surface area (Å²) in [5, 5.41) is 4.81. The molecule has 0 spiro atoms. The number of rotatable bonds is 8. The minimum atomic E-state index is -0.455. The van der Waals surface area contributed by atoms with Crippen molar-refractivity contribution < 1.29 is 23.4 Å². The summed E-state index contributed by atoms with van der Waals surface area (Å²) >= 11 is 3.49. The molecule has 7 nitrogen and oxygen atoms in total. The number of hydrogen-bond acceptors (Lipinski definition) is 6. The van der Waals surface area contributed by atoms with Crippen LogP contribution in [-0.2, 0) is 0 Å². The molecule has 0 aliphatic heterocycles. The van der Waals surface area contributed by atoms with Crippen molar-refractivity contribution in [1.82, 2.24) is 5.43 Å². The van der Waals surface area contributed by atoms with Crippen LogP contribution in [-0.4, -0.2) is 31.9 Å². The summed E-state index contributed by atoms with van der Waals surface area (Å²) in [4.78, 5) is 12.4. The Morgan fingerprint density at radius 2 is 2.03 bits per heavy atom. The van der Waals surface area contributed by atoms with E-state index in [1.54, 1.807) is 37.4 Å². The highest BCUT2D eigenvalue weighted by Gasteiger charge is 2.13. The third-order valence-electron chi connectivity index (χ3n) is 4.04. The molecule has 0 aliphatic rings. The first-order valence-corrected chi connectivity index (χ1v) is 10.2. The first kappa shape index (κ1) is 21.7. The van der Waals surface area contributed by atoms with Crippen LogP contribution in [0.3, 0.4) is 0 Å². The number of carbonyl (C=O) groups is 1. The fraction of sp³-hybridized carbons (Fsp3) is 0.273. The number of nitrogens with zero attached hydrogens (tertiary/aromatic N) is 1. The molecule has 0 radical (unpaired) electrons. The Morgan fingerprint density at radius 3 is 2.73 bits per heavy atom. The van der Waals surface area contributed by atoms with E-state index < -0.39 is 5.91 Å². The molecule has 1 N–H and O–H groups in total. The molecule has 8 heteroatoms. The van der Waals surface area contributed by atoms with Crippen LogP contribution < -0.4 is 19.6 Å². The maximum atomic E-state index is 12.4. The number of carbonyl (C=O) groups excluding carboxylic acids is 1. The molecule has 0 saturated carbocycles. The van der Waals surface area contributed by atoms with Gasteiger partial charge in [-0.15, -0.1) is 0 Å². The lowest BCUT2D eigenvalue weighted by molar-refractivity contribution is 0.0929. The number of amides is 1. The highest BCUT2D eigenvalue weighted by atomic mass is 79.9. The Hall–Kier alpha value is -3.00. The summed E-state index contributed by atoms with van der Waals surface area (Å²) in [6.07, 6.45) is 1.53.